The second-order valence-corrected chi connectivity index (χ2v) is 8.96. The summed E-state index contributed by atoms with van der Waals surface area (Å²) in [6, 6.07) is 7.54. The van der Waals surface area contributed by atoms with Crippen LogP contribution >= 0.6 is 0 Å². The van der Waals surface area contributed by atoms with Crippen LogP contribution in [0, 0.1) is 17.8 Å². The van der Waals surface area contributed by atoms with Crippen LogP contribution < -0.4 is 5.32 Å². The fraction of sp³-hybridized carbons (Fsp3) is 0.565. The molecular weight excluding hydrogens is 380 g/mol. The normalized spacial score (nSPS) is 22.6. The smallest absolute Gasteiger partial charge is 0.233 e. The third-order valence-electron chi connectivity index (χ3n) is 6.27. The molecule has 3 amide bonds. The molecule has 1 saturated heterocycles. The minimum Gasteiger partial charge on any atom is -0.346 e. The van der Waals surface area contributed by atoms with Crippen molar-refractivity contribution >= 4 is 28.8 Å². The first-order chi connectivity index (χ1) is 14.4. The lowest BCUT2D eigenvalue weighted by Gasteiger charge is -2.20. The molecule has 0 bridgehead atoms. The van der Waals surface area contributed by atoms with Gasteiger partial charge in [0.2, 0.25) is 17.7 Å². The number of imidazole rings is 1. The Morgan fingerprint density at radius 1 is 1.17 bits per heavy atom. The Balaban J connectivity index is 1.40. The molecule has 2 aliphatic rings. The number of H-pyrrole nitrogens is 1. The van der Waals surface area contributed by atoms with Gasteiger partial charge in [-0.25, -0.2) is 4.98 Å². The van der Waals surface area contributed by atoms with Gasteiger partial charge in [-0.05, 0) is 37.3 Å². The van der Waals surface area contributed by atoms with Gasteiger partial charge in [-0.15, -0.1) is 0 Å². The Kier molecular flexibility index (Phi) is 5.88. The van der Waals surface area contributed by atoms with Gasteiger partial charge in [0.1, 0.15) is 5.82 Å². The standard InChI is InChI=1S/C23H30N4O3/c1-14(2)13-19(21-25-17-9-5-6-10-18(17)26-21)24-20(28)11-12-27-22(29)15-7-3-4-8-16(15)23(27)30/h5-6,9-10,14-16,19H,3-4,7-8,11-13H2,1-2H3,(H,24,28)(H,25,26)/t15-,16-,19+/m1/s1. The maximum Gasteiger partial charge on any atom is 0.233 e. The van der Waals surface area contributed by atoms with Gasteiger partial charge in [0.25, 0.3) is 0 Å². The van der Waals surface area contributed by atoms with Gasteiger partial charge in [0.05, 0.1) is 28.9 Å². The summed E-state index contributed by atoms with van der Waals surface area (Å²) in [5.41, 5.74) is 1.80. The van der Waals surface area contributed by atoms with Crippen LogP contribution in [0.15, 0.2) is 24.3 Å². The molecule has 1 saturated carbocycles. The topological polar surface area (TPSA) is 95.2 Å². The zero-order valence-electron chi connectivity index (χ0n) is 17.7. The lowest BCUT2D eigenvalue weighted by atomic mass is 9.81. The van der Waals surface area contributed by atoms with E-state index in [2.05, 4.69) is 29.1 Å². The minimum absolute atomic E-state index is 0.0893. The lowest BCUT2D eigenvalue weighted by molar-refractivity contribution is -0.140. The third-order valence-corrected chi connectivity index (χ3v) is 6.27. The van der Waals surface area contributed by atoms with Gasteiger partial charge < -0.3 is 10.3 Å². The molecule has 7 heteroatoms. The van der Waals surface area contributed by atoms with Crippen LogP contribution in [0.2, 0.25) is 0 Å². The Hall–Kier alpha value is -2.70. The van der Waals surface area contributed by atoms with Crippen LogP contribution in [-0.4, -0.2) is 39.1 Å². The number of aromatic nitrogens is 2. The largest absolute Gasteiger partial charge is 0.346 e. The zero-order valence-corrected chi connectivity index (χ0v) is 17.7. The summed E-state index contributed by atoms with van der Waals surface area (Å²) in [7, 11) is 0. The van der Waals surface area contributed by atoms with E-state index in [1.165, 1.54) is 4.90 Å². The summed E-state index contributed by atoms with van der Waals surface area (Å²) in [5, 5.41) is 3.06. The molecule has 2 aromatic rings. The first-order valence-electron chi connectivity index (χ1n) is 11.0. The van der Waals surface area contributed by atoms with E-state index in [1.54, 1.807) is 0 Å². The molecule has 1 aliphatic carbocycles. The highest BCUT2D eigenvalue weighted by atomic mass is 16.2. The number of carbonyl (C=O) groups is 3. The van der Waals surface area contributed by atoms with Crippen molar-refractivity contribution in [3.05, 3.63) is 30.1 Å². The highest BCUT2D eigenvalue weighted by molar-refractivity contribution is 6.05. The molecule has 2 fully saturated rings. The first kappa shape index (κ1) is 20.6. The number of benzene rings is 1. The Labute approximate surface area is 176 Å². The summed E-state index contributed by atoms with van der Waals surface area (Å²) in [6.45, 7) is 4.36. The number of hydrogen-bond donors (Lipinski definition) is 2. The Bertz CT molecular complexity index is 894. The molecule has 0 spiro atoms. The average molecular weight is 411 g/mol. The van der Waals surface area contributed by atoms with E-state index in [1.807, 2.05) is 24.3 Å². The molecule has 3 atom stereocenters. The highest BCUT2D eigenvalue weighted by Crippen LogP contribution is 2.38. The van der Waals surface area contributed by atoms with Crippen LogP contribution in [0.25, 0.3) is 11.0 Å². The van der Waals surface area contributed by atoms with E-state index in [0.29, 0.717) is 5.92 Å². The molecule has 1 aliphatic heterocycles. The van der Waals surface area contributed by atoms with Crippen molar-refractivity contribution in [1.29, 1.82) is 0 Å². The summed E-state index contributed by atoms with van der Waals surface area (Å²) >= 11 is 0. The molecule has 1 aromatic heterocycles. The minimum atomic E-state index is -0.238. The SMILES string of the molecule is CC(C)C[C@H](NC(=O)CCN1C(=O)[C@@H]2CCCC[C@H]2C1=O)c1nc2ccccc2[nH]1. The van der Waals surface area contributed by atoms with Gasteiger partial charge in [-0.2, -0.15) is 0 Å². The van der Waals surface area contributed by atoms with Crippen LogP contribution in [0.4, 0.5) is 0 Å². The quantitative estimate of drug-likeness (QED) is 0.685. The van der Waals surface area contributed by atoms with E-state index in [0.717, 1.165) is 49.0 Å². The van der Waals surface area contributed by atoms with E-state index in [9.17, 15) is 14.4 Å². The molecule has 2 N–H and O–H groups in total. The van der Waals surface area contributed by atoms with E-state index >= 15 is 0 Å². The number of rotatable bonds is 7. The number of likely N-dealkylation sites (tertiary alicyclic amines) is 1. The third kappa shape index (κ3) is 4.11. The van der Waals surface area contributed by atoms with Gasteiger partial charge in [-0.1, -0.05) is 38.8 Å². The zero-order chi connectivity index (χ0) is 21.3. The number of hydrogen-bond acceptors (Lipinski definition) is 4. The second-order valence-electron chi connectivity index (χ2n) is 8.96. The van der Waals surface area contributed by atoms with E-state index < -0.39 is 0 Å². The first-order valence-corrected chi connectivity index (χ1v) is 11.0. The molecule has 7 nitrogen and oxygen atoms in total. The van der Waals surface area contributed by atoms with Gasteiger partial charge in [0.15, 0.2) is 0 Å². The van der Waals surface area contributed by atoms with Crippen LogP contribution in [0.1, 0.15) is 64.2 Å². The van der Waals surface area contributed by atoms with Crippen molar-refractivity contribution in [3.8, 4) is 0 Å². The lowest BCUT2D eigenvalue weighted by Crippen LogP contribution is -2.37. The number of fused-ring (bicyclic) bond motifs is 2. The maximum absolute atomic E-state index is 12.7. The molecule has 1 aromatic carbocycles. The van der Waals surface area contributed by atoms with Crippen LogP contribution in [0.3, 0.4) is 0 Å². The van der Waals surface area contributed by atoms with Gasteiger partial charge in [-0.3, -0.25) is 19.3 Å². The van der Waals surface area contributed by atoms with Gasteiger partial charge in [0, 0.05) is 13.0 Å². The highest BCUT2D eigenvalue weighted by Gasteiger charge is 2.47. The van der Waals surface area contributed by atoms with Gasteiger partial charge >= 0.3 is 0 Å². The Morgan fingerprint density at radius 3 is 2.47 bits per heavy atom. The number of carbonyl (C=O) groups excluding carboxylic acids is 3. The monoisotopic (exact) mass is 410 g/mol. The van der Waals surface area contributed by atoms with Crippen LogP contribution in [0.5, 0.6) is 0 Å². The maximum atomic E-state index is 12.7. The molecule has 160 valence electrons. The average Bonchev–Trinajstić information content (AvgIpc) is 3.26. The molecule has 2 heterocycles. The summed E-state index contributed by atoms with van der Waals surface area (Å²) in [6.07, 6.45) is 4.45. The molecular formula is C23H30N4O3. The van der Waals surface area contributed by atoms with E-state index in [4.69, 9.17) is 0 Å². The van der Waals surface area contributed by atoms with Crippen molar-refractivity contribution in [2.45, 2.75) is 58.4 Å². The summed E-state index contributed by atoms with van der Waals surface area (Å²) in [5.74, 6) is 0.418. The predicted octanol–water partition coefficient (Wildman–Crippen LogP) is 3.33. The summed E-state index contributed by atoms with van der Waals surface area (Å²) < 4.78 is 0. The molecule has 0 radical (unpaired) electrons. The van der Waals surface area contributed by atoms with Crippen molar-refractivity contribution in [2.24, 2.45) is 17.8 Å². The van der Waals surface area contributed by atoms with Crippen molar-refractivity contribution < 1.29 is 14.4 Å². The number of nitrogens with one attached hydrogen (secondary N) is 2. The fourth-order valence-corrected chi connectivity index (χ4v) is 4.78. The Morgan fingerprint density at radius 2 is 1.83 bits per heavy atom. The number of amides is 3. The fourth-order valence-electron chi connectivity index (χ4n) is 4.78. The molecule has 0 unspecified atom stereocenters. The number of aromatic amines is 1. The number of nitrogens with zero attached hydrogens (tertiary/aromatic N) is 2. The van der Waals surface area contributed by atoms with Crippen LogP contribution in [-0.2, 0) is 14.4 Å². The number of para-hydroxylation sites is 2. The van der Waals surface area contributed by atoms with E-state index in [-0.39, 0.29) is 48.6 Å². The summed E-state index contributed by atoms with van der Waals surface area (Å²) in [4.78, 5) is 47.2. The number of imide groups is 1. The van der Waals surface area contributed by atoms with Crippen molar-refractivity contribution in [2.75, 3.05) is 6.54 Å². The predicted molar refractivity (Wildman–Crippen MR) is 113 cm³/mol. The second kappa shape index (κ2) is 8.58. The molecule has 30 heavy (non-hydrogen) atoms. The van der Waals surface area contributed by atoms with Crippen molar-refractivity contribution in [1.82, 2.24) is 20.2 Å². The molecule has 4 rings (SSSR count). The van der Waals surface area contributed by atoms with Crippen molar-refractivity contribution in [3.63, 3.8) is 0 Å².